The summed E-state index contributed by atoms with van der Waals surface area (Å²) in [5, 5.41) is 0. The van der Waals surface area contributed by atoms with Gasteiger partial charge in [0.2, 0.25) is 5.91 Å². The molecule has 2 aliphatic heterocycles. The van der Waals surface area contributed by atoms with Gasteiger partial charge in [0.1, 0.15) is 5.75 Å². The minimum Gasteiger partial charge on any atom is -0.496 e. The highest BCUT2D eigenvalue weighted by Gasteiger charge is 2.36. The van der Waals surface area contributed by atoms with Crippen LogP contribution in [0.2, 0.25) is 0 Å². The molecule has 22 heavy (non-hydrogen) atoms. The van der Waals surface area contributed by atoms with Crippen LogP contribution in [-0.2, 0) is 16.0 Å². The Kier molecular flexibility index (Phi) is 4.98. The van der Waals surface area contributed by atoms with Crippen LogP contribution in [-0.4, -0.2) is 43.2 Å². The van der Waals surface area contributed by atoms with E-state index in [9.17, 15) is 4.79 Å². The van der Waals surface area contributed by atoms with Gasteiger partial charge in [-0.25, -0.2) is 0 Å². The number of amides is 1. The summed E-state index contributed by atoms with van der Waals surface area (Å²) >= 11 is 0. The maximum Gasteiger partial charge on any atom is 0.223 e. The van der Waals surface area contributed by atoms with Crippen LogP contribution in [0, 0.1) is 0 Å². The van der Waals surface area contributed by atoms with Crippen LogP contribution in [0.1, 0.15) is 37.7 Å². The fraction of sp³-hybridized carbons (Fsp3) is 0.611. The maximum atomic E-state index is 12.6. The van der Waals surface area contributed by atoms with Gasteiger partial charge in [-0.15, -0.1) is 0 Å². The summed E-state index contributed by atoms with van der Waals surface area (Å²) in [6.07, 6.45) is 5.96. The van der Waals surface area contributed by atoms with E-state index < -0.39 is 0 Å². The van der Waals surface area contributed by atoms with Crippen LogP contribution in [0.25, 0.3) is 0 Å². The van der Waals surface area contributed by atoms with E-state index in [1.54, 1.807) is 7.11 Å². The highest BCUT2D eigenvalue weighted by Crippen LogP contribution is 2.29. The summed E-state index contributed by atoms with van der Waals surface area (Å²) in [5.41, 5.74) is 1.10. The van der Waals surface area contributed by atoms with Crippen molar-refractivity contribution in [2.75, 3.05) is 20.3 Å². The molecule has 3 rings (SSSR count). The summed E-state index contributed by atoms with van der Waals surface area (Å²) < 4.78 is 11.2. The van der Waals surface area contributed by atoms with Gasteiger partial charge in [0.05, 0.1) is 19.3 Å². The summed E-state index contributed by atoms with van der Waals surface area (Å²) in [6.45, 7) is 1.74. The third-order valence-electron chi connectivity index (χ3n) is 4.81. The normalized spacial score (nSPS) is 24.7. The zero-order valence-electron chi connectivity index (χ0n) is 13.3. The first-order valence-electron chi connectivity index (χ1n) is 8.32. The molecule has 2 heterocycles. The van der Waals surface area contributed by atoms with Gasteiger partial charge in [0.25, 0.3) is 0 Å². The highest BCUT2D eigenvalue weighted by molar-refractivity contribution is 5.77. The lowest BCUT2D eigenvalue weighted by Crippen LogP contribution is -2.42. The molecule has 1 amide bonds. The van der Waals surface area contributed by atoms with Gasteiger partial charge in [-0.2, -0.15) is 0 Å². The highest BCUT2D eigenvalue weighted by atomic mass is 16.5. The van der Waals surface area contributed by atoms with Crippen LogP contribution in [0.4, 0.5) is 0 Å². The molecule has 120 valence electrons. The smallest absolute Gasteiger partial charge is 0.223 e. The van der Waals surface area contributed by atoms with E-state index in [1.807, 2.05) is 24.3 Å². The van der Waals surface area contributed by atoms with Crippen molar-refractivity contribution in [1.29, 1.82) is 0 Å². The lowest BCUT2D eigenvalue weighted by molar-refractivity contribution is -0.134. The second-order valence-electron chi connectivity index (χ2n) is 6.16. The lowest BCUT2D eigenvalue weighted by Gasteiger charge is -2.29. The lowest BCUT2D eigenvalue weighted by atomic mass is 10.0. The van der Waals surface area contributed by atoms with Crippen LogP contribution >= 0.6 is 0 Å². The number of para-hydroxylation sites is 1. The summed E-state index contributed by atoms with van der Waals surface area (Å²) in [4.78, 5) is 14.7. The molecule has 4 heteroatoms. The van der Waals surface area contributed by atoms with Crippen molar-refractivity contribution in [1.82, 2.24) is 4.90 Å². The van der Waals surface area contributed by atoms with Crippen molar-refractivity contribution in [3.8, 4) is 5.75 Å². The van der Waals surface area contributed by atoms with E-state index in [1.165, 1.54) is 0 Å². The molecule has 0 bridgehead atoms. The van der Waals surface area contributed by atoms with Gasteiger partial charge in [-0.05, 0) is 43.7 Å². The van der Waals surface area contributed by atoms with Crippen molar-refractivity contribution in [3.05, 3.63) is 29.8 Å². The van der Waals surface area contributed by atoms with Crippen molar-refractivity contribution in [3.63, 3.8) is 0 Å². The number of rotatable bonds is 5. The van der Waals surface area contributed by atoms with Gasteiger partial charge in [0, 0.05) is 19.6 Å². The first-order valence-corrected chi connectivity index (χ1v) is 8.32. The zero-order valence-corrected chi connectivity index (χ0v) is 13.3. The predicted molar refractivity (Wildman–Crippen MR) is 85.0 cm³/mol. The Hall–Kier alpha value is -1.55. The fourth-order valence-corrected chi connectivity index (χ4v) is 3.69. The summed E-state index contributed by atoms with van der Waals surface area (Å²) in [7, 11) is 1.68. The number of aryl methyl sites for hydroxylation is 1. The number of hydrogen-bond donors (Lipinski definition) is 0. The molecule has 2 saturated heterocycles. The molecule has 1 aromatic rings. The minimum absolute atomic E-state index is 0.254. The number of nitrogens with zero attached hydrogens (tertiary/aromatic N) is 1. The van der Waals surface area contributed by atoms with Crippen LogP contribution in [0.5, 0.6) is 5.75 Å². The van der Waals surface area contributed by atoms with E-state index in [4.69, 9.17) is 9.47 Å². The van der Waals surface area contributed by atoms with E-state index in [-0.39, 0.29) is 12.0 Å². The predicted octanol–water partition coefficient (Wildman–Crippen LogP) is 2.80. The second-order valence-corrected chi connectivity index (χ2v) is 6.16. The van der Waals surface area contributed by atoms with Gasteiger partial charge < -0.3 is 14.4 Å². The molecule has 2 aliphatic rings. The Bertz CT molecular complexity index is 511. The maximum absolute atomic E-state index is 12.6. The fourth-order valence-electron chi connectivity index (χ4n) is 3.69. The van der Waals surface area contributed by atoms with Crippen LogP contribution in [0.3, 0.4) is 0 Å². The van der Waals surface area contributed by atoms with E-state index >= 15 is 0 Å². The second kappa shape index (κ2) is 7.14. The molecule has 0 aliphatic carbocycles. The number of methoxy groups -OCH3 is 1. The molecule has 0 radical (unpaired) electrons. The average Bonchev–Trinajstić information content (AvgIpc) is 3.23. The molecule has 0 N–H and O–H groups in total. The standard InChI is InChI=1S/C18H25NO3/c1-21-16-8-3-2-6-14(16)10-11-18(20)19-12-4-7-15(19)17-9-5-13-22-17/h2-3,6,8,15,17H,4-5,7,9-13H2,1H3/t15-,17+/m1/s1. The number of likely N-dealkylation sites (tertiary alicyclic amines) is 1. The molecule has 4 nitrogen and oxygen atoms in total. The molecule has 0 spiro atoms. The molecular weight excluding hydrogens is 278 g/mol. The quantitative estimate of drug-likeness (QED) is 0.839. The molecule has 0 aromatic heterocycles. The molecule has 0 saturated carbocycles. The summed E-state index contributed by atoms with van der Waals surface area (Å²) in [5.74, 6) is 1.12. The Labute approximate surface area is 132 Å². The SMILES string of the molecule is COc1ccccc1CCC(=O)N1CCC[C@@H]1[C@@H]1CCCO1. The number of carbonyl (C=O) groups excluding carboxylic acids is 1. The Morgan fingerprint density at radius 3 is 2.95 bits per heavy atom. The monoisotopic (exact) mass is 303 g/mol. The first-order chi connectivity index (χ1) is 10.8. The van der Waals surface area contributed by atoms with Crippen molar-refractivity contribution < 1.29 is 14.3 Å². The third-order valence-corrected chi connectivity index (χ3v) is 4.81. The third kappa shape index (κ3) is 3.27. The summed E-state index contributed by atoms with van der Waals surface area (Å²) in [6, 6.07) is 8.23. The zero-order chi connectivity index (χ0) is 15.4. The van der Waals surface area contributed by atoms with E-state index in [2.05, 4.69) is 4.90 Å². The topological polar surface area (TPSA) is 38.8 Å². The Morgan fingerprint density at radius 2 is 2.18 bits per heavy atom. The van der Waals surface area contributed by atoms with Crippen LogP contribution in [0.15, 0.2) is 24.3 Å². The number of carbonyl (C=O) groups is 1. The number of hydrogen-bond acceptors (Lipinski definition) is 3. The van der Waals surface area contributed by atoms with Gasteiger partial charge >= 0.3 is 0 Å². The largest absolute Gasteiger partial charge is 0.496 e. The van der Waals surface area contributed by atoms with E-state index in [0.29, 0.717) is 12.5 Å². The van der Waals surface area contributed by atoms with Crippen LogP contribution < -0.4 is 4.74 Å². The minimum atomic E-state index is 0.254. The molecule has 2 atom stereocenters. The van der Waals surface area contributed by atoms with Gasteiger partial charge in [0.15, 0.2) is 0 Å². The van der Waals surface area contributed by atoms with Gasteiger partial charge in [-0.1, -0.05) is 18.2 Å². The Morgan fingerprint density at radius 1 is 1.32 bits per heavy atom. The molecular formula is C18H25NO3. The van der Waals surface area contributed by atoms with Crippen molar-refractivity contribution in [2.24, 2.45) is 0 Å². The number of benzene rings is 1. The first kappa shape index (κ1) is 15.3. The van der Waals surface area contributed by atoms with E-state index in [0.717, 1.165) is 56.6 Å². The Balaban J connectivity index is 1.59. The molecule has 2 fully saturated rings. The molecule has 1 aromatic carbocycles. The van der Waals surface area contributed by atoms with Crippen molar-refractivity contribution >= 4 is 5.91 Å². The number of ether oxygens (including phenoxy) is 2. The molecule has 0 unspecified atom stereocenters. The van der Waals surface area contributed by atoms with Gasteiger partial charge in [-0.3, -0.25) is 4.79 Å². The van der Waals surface area contributed by atoms with Crippen molar-refractivity contribution in [2.45, 2.75) is 50.7 Å². The average molecular weight is 303 g/mol.